The van der Waals surface area contributed by atoms with Gasteiger partial charge < -0.3 is 9.84 Å². The van der Waals surface area contributed by atoms with Crippen LogP contribution in [0.4, 0.5) is 0 Å². The summed E-state index contributed by atoms with van der Waals surface area (Å²) >= 11 is 0. The van der Waals surface area contributed by atoms with Gasteiger partial charge in [0.15, 0.2) is 0 Å². The van der Waals surface area contributed by atoms with Gasteiger partial charge in [-0.25, -0.2) is 0 Å². The molecule has 1 aromatic rings. The highest BCUT2D eigenvalue weighted by Gasteiger charge is 2.23. The van der Waals surface area contributed by atoms with Crippen molar-refractivity contribution in [3.63, 3.8) is 0 Å². The van der Waals surface area contributed by atoms with Crippen LogP contribution in [0.15, 0.2) is 24.3 Å². The zero-order valence-corrected chi connectivity index (χ0v) is 16.4. The summed E-state index contributed by atoms with van der Waals surface area (Å²) in [6.07, 6.45) is 14.3. The Bertz CT molecular complexity index is 446. The van der Waals surface area contributed by atoms with Gasteiger partial charge in [0, 0.05) is 0 Å². The minimum atomic E-state index is -0.328. The summed E-state index contributed by atoms with van der Waals surface area (Å²) in [5, 5.41) is 10.5. The number of rotatable bonds is 11. The maximum Gasteiger partial charge on any atom is 0.119 e. The predicted molar refractivity (Wildman–Crippen MR) is 106 cm³/mol. The van der Waals surface area contributed by atoms with Gasteiger partial charge in [-0.3, -0.25) is 0 Å². The van der Waals surface area contributed by atoms with E-state index in [9.17, 15) is 5.11 Å². The summed E-state index contributed by atoms with van der Waals surface area (Å²) < 4.78 is 5.47. The summed E-state index contributed by atoms with van der Waals surface area (Å²) in [6, 6.07) is 7.96. The van der Waals surface area contributed by atoms with Gasteiger partial charge in [0.1, 0.15) is 5.75 Å². The van der Waals surface area contributed by atoms with Crippen molar-refractivity contribution in [3.8, 4) is 5.75 Å². The minimum Gasteiger partial charge on any atom is -0.494 e. The van der Waals surface area contributed by atoms with Crippen molar-refractivity contribution < 1.29 is 9.84 Å². The molecule has 1 N–H and O–H groups in total. The molecule has 1 aromatic carbocycles. The second kappa shape index (κ2) is 11.6. The highest BCUT2D eigenvalue weighted by atomic mass is 16.5. The molecule has 1 unspecified atom stereocenters. The summed E-state index contributed by atoms with van der Waals surface area (Å²) in [5.41, 5.74) is 1.03. The molecule has 1 fully saturated rings. The van der Waals surface area contributed by atoms with E-state index in [0.29, 0.717) is 12.5 Å². The molecule has 2 heteroatoms. The van der Waals surface area contributed by atoms with E-state index in [1.807, 2.05) is 31.2 Å². The van der Waals surface area contributed by atoms with Crippen LogP contribution in [0.25, 0.3) is 0 Å². The molecule has 0 heterocycles. The van der Waals surface area contributed by atoms with E-state index in [-0.39, 0.29) is 6.10 Å². The lowest BCUT2D eigenvalue weighted by atomic mass is 9.77. The molecule has 2 nitrogen and oxygen atoms in total. The Hall–Kier alpha value is -1.02. The van der Waals surface area contributed by atoms with Crippen LogP contribution >= 0.6 is 0 Å². The van der Waals surface area contributed by atoms with E-state index < -0.39 is 0 Å². The summed E-state index contributed by atoms with van der Waals surface area (Å²) in [5.74, 6) is 2.52. The Kier molecular flexibility index (Phi) is 9.39. The van der Waals surface area contributed by atoms with Crippen LogP contribution in [0.3, 0.4) is 0 Å². The second-order valence-electron chi connectivity index (χ2n) is 7.84. The topological polar surface area (TPSA) is 29.5 Å². The molecule has 0 saturated heterocycles. The molecule has 1 atom stereocenters. The predicted octanol–water partition coefficient (Wildman–Crippen LogP) is 6.68. The SMILES string of the molecule is CCCCCCCC1CCC(CC(O)c2ccc(OCC)cc2)CC1. The van der Waals surface area contributed by atoms with Crippen LogP contribution in [0.1, 0.15) is 96.1 Å². The first-order chi connectivity index (χ1) is 12.2. The molecule has 0 radical (unpaired) electrons. The van der Waals surface area contributed by atoms with E-state index in [4.69, 9.17) is 4.74 Å². The van der Waals surface area contributed by atoms with Crippen molar-refractivity contribution in [1.82, 2.24) is 0 Å². The van der Waals surface area contributed by atoms with Crippen molar-refractivity contribution in [3.05, 3.63) is 29.8 Å². The summed E-state index contributed by atoms with van der Waals surface area (Å²) in [6.45, 7) is 4.96. The average Bonchev–Trinajstić information content (AvgIpc) is 2.64. The quantitative estimate of drug-likeness (QED) is 0.453. The van der Waals surface area contributed by atoms with E-state index >= 15 is 0 Å². The molecule has 0 spiro atoms. The van der Waals surface area contributed by atoms with Gasteiger partial charge >= 0.3 is 0 Å². The monoisotopic (exact) mass is 346 g/mol. The Morgan fingerprint density at radius 2 is 1.56 bits per heavy atom. The zero-order chi connectivity index (χ0) is 17.9. The van der Waals surface area contributed by atoms with Gasteiger partial charge in [-0.1, -0.05) is 83.3 Å². The van der Waals surface area contributed by atoms with Crippen LogP contribution in [0.2, 0.25) is 0 Å². The third-order valence-electron chi connectivity index (χ3n) is 5.81. The van der Waals surface area contributed by atoms with E-state index in [1.54, 1.807) is 0 Å². The van der Waals surface area contributed by atoms with Gasteiger partial charge in [0.25, 0.3) is 0 Å². The highest BCUT2D eigenvalue weighted by molar-refractivity contribution is 5.28. The number of hydrogen-bond acceptors (Lipinski definition) is 2. The van der Waals surface area contributed by atoms with Gasteiger partial charge in [0.2, 0.25) is 0 Å². The first-order valence-corrected chi connectivity index (χ1v) is 10.6. The standard InChI is InChI=1S/C23H38O2/c1-3-5-6-7-8-9-19-10-12-20(13-11-19)18-23(24)21-14-16-22(17-15-21)25-4-2/h14-17,19-20,23-24H,3-13,18H2,1-2H3. The molecule has 0 aromatic heterocycles. The maximum atomic E-state index is 10.5. The number of aliphatic hydroxyl groups excluding tert-OH is 1. The lowest BCUT2D eigenvalue weighted by molar-refractivity contribution is 0.121. The van der Waals surface area contributed by atoms with Gasteiger partial charge in [-0.2, -0.15) is 0 Å². The fourth-order valence-electron chi connectivity index (χ4n) is 4.20. The Morgan fingerprint density at radius 3 is 2.20 bits per heavy atom. The van der Waals surface area contributed by atoms with Crippen LogP contribution < -0.4 is 4.74 Å². The maximum absolute atomic E-state index is 10.5. The molecular formula is C23H38O2. The third-order valence-corrected chi connectivity index (χ3v) is 5.81. The highest BCUT2D eigenvalue weighted by Crippen LogP contribution is 2.36. The van der Waals surface area contributed by atoms with Crippen LogP contribution in [0.5, 0.6) is 5.75 Å². The zero-order valence-electron chi connectivity index (χ0n) is 16.4. The van der Waals surface area contributed by atoms with Crippen molar-refractivity contribution in [2.24, 2.45) is 11.8 Å². The van der Waals surface area contributed by atoms with Crippen molar-refractivity contribution in [2.45, 2.75) is 90.6 Å². The molecule has 0 amide bonds. The lowest BCUT2D eigenvalue weighted by Crippen LogP contribution is -2.17. The molecule has 142 valence electrons. The minimum absolute atomic E-state index is 0.328. The Balaban J connectivity index is 1.65. The summed E-state index contributed by atoms with van der Waals surface area (Å²) in [4.78, 5) is 0. The normalized spacial score (nSPS) is 21.9. The molecular weight excluding hydrogens is 308 g/mol. The number of ether oxygens (including phenoxy) is 1. The Labute approximate surface area is 155 Å². The van der Waals surface area contributed by atoms with Crippen molar-refractivity contribution in [2.75, 3.05) is 6.61 Å². The average molecular weight is 347 g/mol. The van der Waals surface area contributed by atoms with Gasteiger partial charge in [-0.05, 0) is 42.9 Å². The fraction of sp³-hybridized carbons (Fsp3) is 0.739. The van der Waals surface area contributed by atoms with E-state index in [0.717, 1.165) is 23.7 Å². The summed E-state index contributed by atoms with van der Waals surface area (Å²) in [7, 11) is 0. The molecule has 25 heavy (non-hydrogen) atoms. The Morgan fingerprint density at radius 1 is 0.920 bits per heavy atom. The molecule has 1 saturated carbocycles. The molecule has 1 aliphatic rings. The van der Waals surface area contributed by atoms with Crippen molar-refractivity contribution in [1.29, 1.82) is 0 Å². The molecule has 2 rings (SSSR count). The third kappa shape index (κ3) is 7.40. The second-order valence-corrected chi connectivity index (χ2v) is 7.84. The van der Waals surface area contributed by atoms with Gasteiger partial charge in [-0.15, -0.1) is 0 Å². The number of hydrogen-bond donors (Lipinski definition) is 1. The molecule has 1 aliphatic carbocycles. The van der Waals surface area contributed by atoms with Crippen molar-refractivity contribution >= 4 is 0 Å². The smallest absolute Gasteiger partial charge is 0.119 e. The van der Waals surface area contributed by atoms with Crippen LogP contribution in [0, 0.1) is 11.8 Å². The van der Waals surface area contributed by atoms with Crippen LogP contribution in [-0.2, 0) is 0 Å². The van der Waals surface area contributed by atoms with Gasteiger partial charge in [0.05, 0.1) is 12.7 Å². The first kappa shape index (κ1) is 20.3. The number of aliphatic hydroxyl groups is 1. The largest absolute Gasteiger partial charge is 0.494 e. The van der Waals surface area contributed by atoms with Crippen LogP contribution in [-0.4, -0.2) is 11.7 Å². The van der Waals surface area contributed by atoms with E-state index in [2.05, 4.69) is 6.92 Å². The molecule has 0 aliphatic heterocycles. The number of unbranched alkanes of at least 4 members (excludes halogenated alkanes) is 4. The molecule has 0 bridgehead atoms. The first-order valence-electron chi connectivity index (χ1n) is 10.6. The lowest BCUT2D eigenvalue weighted by Gasteiger charge is -2.30. The van der Waals surface area contributed by atoms with E-state index in [1.165, 1.54) is 64.2 Å². The fourth-order valence-corrected chi connectivity index (χ4v) is 4.20. The number of benzene rings is 1.